The molecule has 1 aromatic heterocycles. The first-order chi connectivity index (χ1) is 10.2. The molecular formula is C16H9F2N3. The van der Waals surface area contributed by atoms with Crippen LogP contribution in [0.25, 0.3) is 22.7 Å². The number of H-pyrrole nitrogens is 1. The minimum absolute atomic E-state index is 0.247. The van der Waals surface area contributed by atoms with Gasteiger partial charge in [-0.3, -0.25) is 0 Å². The number of hydrogen-bond donors (Lipinski definition) is 1. The van der Waals surface area contributed by atoms with Gasteiger partial charge in [0.25, 0.3) is 0 Å². The Morgan fingerprint density at radius 2 is 1.95 bits per heavy atom. The van der Waals surface area contributed by atoms with Gasteiger partial charge in [0.05, 0.1) is 16.6 Å². The van der Waals surface area contributed by atoms with Crippen LogP contribution in [0, 0.1) is 23.0 Å². The zero-order valence-electron chi connectivity index (χ0n) is 10.8. The van der Waals surface area contributed by atoms with E-state index in [1.54, 1.807) is 12.1 Å². The number of hydrogen-bond acceptors (Lipinski definition) is 2. The van der Waals surface area contributed by atoms with Gasteiger partial charge >= 0.3 is 0 Å². The third-order valence-electron chi connectivity index (χ3n) is 2.98. The molecule has 0 aliphatic rings. The van der Waals surface area contributed by atoms with Crippen molar-refractivity contribution in [2.45, 2.75) is 0 Å². The maximum absolute atomic E-state index is 13.2. The van der Waals surface area contributed by atoms with E-state index in [0.717, 1.165) is 0 Å². The van der Waals surface area contributed by atoms with Crippen molar-refractivity contribution in [2.75, 3.05) is 0 Å². The second-order valence-electron chi connectivity index (χ2n) is 4.47. The van der Waals surface area contributed by atoms with Gasteiger partial charge < -0.3 is 4.98 Å². The summed E-state index contributed by atoms with van der Waals surface area (Å²) >= 11 is 0. The average molecular weight is 281 g/mol. The van der Waals surface area contributed by atoms with Gasteiger partial charge in [0, 0.05) is 0 Å². The van der Waals surface area contributed by atoms with Crippen LogP contribution < -0.4 is 0 Å². The van der Waals surface area contributed by atoms with Gasteiger partial charge in [-0.2, -0.15) is 5.26 Å². The zero-order chi connectivity index (χ0) is 14.8. The molecular weight excluding hydrogens is 272 g/mol. The van der Waals surface area contributed by atoms with Crippen molar-refractivity contribution in [1.29, 1.82) is 5.26 Å². The maximum Gasteiger partial charge on any atom is 0.149 e. The molecule has 0 atom stereocenters. The number of halogens is 2. The van der Waals surface area contributed by atoms with E-state index >= 15 is 0 Å². The van der Waals surface area contributed by atoms with Crippen LogP contribution in [-0.4, -0.2) is 9.97 Å². The normalized spacial score (nSPS) is 11.6. The van der Waals surface area contributed by atoms with Crippen LogP contribution in [0.4, 0.5) is 8.78 Å². The van der Waals surface area contributed by atoms with E-state index < -0.39 is 0 Å². The van der Waals surface area contributed by atoms with Crippen LogP contribution >= 0.6 is 0 Å². The molecule has 1 N–H and O–H groups in total. The van der Waals surface area contributed by atoms with Crippen LogP contribution in [0.15, 0.2) is 42.5 Å². The fourth-order valence-electron chi connectivity index (χ4n) is 2.03. The van der Waals surface area contributed by atoms with Crippen molar-refractivity contribution in [2.24, 2.45) is 0 Å². The lowest BCUT2D eigenvalue weighted by Crippen LogP contribution is -1.85. The topological polar surface area (TPSA) is 52.5 Å². The first kappa shape index (κ1) is 13.0. The monoisotopic (exact) mass is 281 g/mol. The lowest BCUT2D eigenvalue weighted by atomic mass is 10.1. The van der Waals surface area contributed by atoms with Crippen LogP contribution in [0.1, 0.15) is 11.4 Å². The molecule has 0 aliphatic carbocycles. The second kappa shape index (κ2) is 5.17. The first-order valence-electron chi connectivity index (χ1n) is 6.19. The summed E-state index contributed by atoms with van der Waals surface area (Å²) in [6.45, 7) is 0. The lowest BCUT2D eigenvalue weighted by molar-refractivity contribution is 0.627. The molecule has 3 nitrogen and oxygen atoms in total. The quantitative estimate of drug-likeness (QED) is 0.724. The SMILES string of the molecule is N#C/C(=C/c1cccc(F)c1)c1nc2ccc(F)cc2[nH]1. The Kier molecular flexibility index (Phi) is 3.20. The molecule has 1 heterocycles. The maximum atomic E-state index is 13.2. The third-order valence-corrected chi connectivity index (χ3v) is 2.98. The number of fused-ring (bicyclic) bond motifs is 1. The number of allylic oxidation sites excluding steroid dienone is 1. The standard InChI is InChI=1S/C16H9F2N3/c17-12-3-1-2-10(7-12)6-11(9-19)16-20-14-5-4-13(18)8-15(14)21-16/h1-8H,(H,20,21)/b11-6-. The summed E-state index contributed by atoms with van der Waals surface area (Å²) < 4.78 is 26.3. The Labute approximate surface area is 119 Å². The van der Waals surface area contributed by atoms with Gasteiger partial charge in [-0.25, -0.2) is 13.8 Å². The first-order valence-corrected chi connectivity index (χ1v) is 6.19. The summed E-state index contributed by atoms with van der Waals surface area (Å²) in [4.78, 5) is 7.12. The molecule has 21 heavy (non-hydrogen) atoms. The minimum Gasteiger partial charge on any atom is -0.337 e. The predicted molar refractivity (Wildman–Crippen MR) is 75.9 cm³/mol. The molecule has 0 spiro atoms. The molecule has 0 saturated heterocycles. The summed E-state index contributed by atoms with van der Waals surface area (Å²) in [5, 5.41) is 9.24. The Bertz CT molecular complexity index is 888. The van der Waals surface area contributed by atoms with Crippen LogP contribution in [0.2, 0.25) is 0 Å². The zero-order valence-corrected chi connectivity index (χ0v) is 10.8. The Morgan fingerprint density at radius 1 is 1.14 bits per heavy atom. The van der Waals surface area contributed by atoms with E-state index in [1.165, 1.54) is 36.4 Å². The largest absolute Gasteiger partial charge is 0.337 e. The third kappa shape index (κ3) is 2.65. The molecule has 102 valence electrons. The molecule has 0 saturated carbocycles. The highest BCUT2D eigenvalue weighted by molar-refractivity contribution is 5.90. The predicted octanol–water partition coefficient (Wildman–Crippen LogP) is 3.91. The van der Waals surface area contributed by atoms with E-state index in [4.69, 9.17) is 0 Å². The minimum atomic E-state index is -0.384. The van der Waals surface area contributed by atoms with Crippen molar-refractivity contribution in [3.63, 3.8) is 0 Å². The fourth-order valence-corrected chi connectivity index (χ4v) is 2.03. The van der Waals surface area contributed by atoms with Crippen LogP contribution in [-0.2, 0) is 0 Å². The number of aromatic nitrogens is 2. The van der Waals surface area contributed by atoms with E-state index in [2.05, 4.69) is 9.97 Å². The molecule has 0 bridgehead atoms. The van der Waals surface area contributed by atoms with Gasteiger partial charge in [0.15, 0.2) is 0 Å². The van der Waals surface area contributed by atoms with Crippen molar-refractivity contribution in [3.8, 4) is 6.07 Å². The average Bonchev–Trinajstić information content (AvgIpc) is 2.87. The van der Waals surface area contributed by atoms with Gasteiger partial charge in [-0.05, 0) is 42.0 Å². The molecule has 5 heteroatoms. The lowest BCUT2D eigenvalue weighted by Gasteiger charge is -1.96. The van der Waals surface area contributed by atoms with Gasteiger partial charge in [-0.1, -0.05) is 12.1 Å². The number of imidazole rings is 1. The molecule has 2 aromatic carbocycles. The Morgan fingerprint density at radius 3 is 2.71 bits per heavy atom. The van der Waals surface area contributed by atoms with Crippen LogP contribution in [0.3, 0.4) is 0 Å². The highest BCUT2D eigenvalue weighted by atomic mass is 19.1. The van der Waals surface area contributed by atoms with Crippen LogP contribution in [0.5, 0.6) is 0 Å². The molecule has 0 aliphatic heterocycles. The number of rotatable bonds is 2. The summed E-state index contributed by atoms with van der Waals surface area (Å²) in [6, 6.07) is 12.0. The number of nitriles is 1. The van der Waals surface area contributed by atoms with E-state index in [9.17, 15) is 14.0 Å². The summed E-state index contributed by atoms with van der Waals surface area (Å²) in [7, 11) is 0. The summed E-state index contributed by atoms with van der Waals surface area (Å²) in [5.74, 6) is -0.444. The Hall–Kier alpha value is -3.00. The molecule has 0 radical (unpaired) electrons. The highest BCUT2D eigenvalue weighted by Gasteiger charge is 2.08. The molecule has 0 unspecified atom stereocenters. The number of nitrogens with zero attached hydrogens (tertiary/aromatic N) is 2. The second-order valence-corrected chi connectivity index (χ2v) is 4.47. The highest BCUT2D eigenvalue weighted by Crippen LogP contribution is 2.20. The van der Waals surface area contributed by atoms with E-state index in [-0.39, 0.29) is 17.2 Å². The van der Waals surface area contributed by atoms with Gasteiger partial charge in [-0.15, -0.1) is 0 Å². The van der Waals surface area contributed by atoms with Gasteiger partial charge in [0.2, 0.25) is 0 Å². The number of nitrogens with one attached hydrogen (secondary N) is 1. The molecule has 3 rings (SSSR count). The number of benzene rings is 2. The van der Waals surface area contributed by atoms with E-state index in [0.29, 0.717) is 22.4 Å². The molecule has 3 aromatic rings. The number of aromatic amines is 1. The smallest absolute Gasteiger partial charge is 0.149 e. The van der Waals surface area contributed by atoms with Gasteiger partial charge in [0.1, 0.15) is 23.5 Å². The van der Waals surface area contributed by atoms with E-state index in [1.807, 2.05) is 6.07 Å². The summed E-state index contributed by atoms with van der Waals surface area (Å²) in [5.41, 5.74) is 1.87. The van der Waals surface area contributed by atoms with Crippen molar-refractivity contribution < 1.29 is 8.78 Å². The van der Waals surface area contributed by atoms with Crippen molar-refractivity contribution in [3.05, 3.63) is 65.5 Å². The fraction of sp³-hybridized carbons (Fsp3) is 0. The molecule has 0 amide bonds. The van der Waals surface area contributed by atoms with Crippen molar-refractivity contribution >= 4 is 22.7 Å². The molecule has 0 fully saturated rings. The Balaban J connectivity index is 2.08. The summed E-state index contributed by atoms with van der Waals surface area (Å²) in [6.07, 6.45) is 1.52. The van der Waals surface area contributed by atoms with Crippen molar-refractivity contribution in [1.82, 2.24) is 9.97 Å².